The zero-order valence-electron chi connectivity index (χ0n) is 8.74. The number of hydrogen-bond donors (Lipinski definition) is 1. The van der Waals surface area contributed by atoms with E-state index in [2.05, 4.69) is 15.3 Å². The van der Waals surface area contributed by atoms with Gasteiger partial charge in [-0.25, -0.2) is 4.79 Å². The number of aromatic nitrogens is 4. The van der Waals surface area contributed by atoms with Crippen molar-refractivity contribution >= 4 is 33.9 Å². The van der Waals surface area contributed by atoms with Crippen molar-refractivity contribution in [3.63, 3.8) is 0 Å². The molecular formula is C10H5ClN4O2S. The Morgan fingerprint density at radius 1 is 1.28 bits per heavy atom. The number of halogens is 1. The molecule has 0 aliphatic rings. The molecule has 0 spiro atoms. The van der Waals surface area contributed by atoms with Gasteiger partial charge in [0.1, 0.15) is 5.01 Å². The number of benzene rings is 1. The summed E-state index contributed by atoms with van der Waals surface area (Å²) in [7, 11) is 0. The maximum absolute atomic E-state index is 10.9. The van der Waals surface area contributed by atoms with Gasteiger partial charge in [0, 0.05) is 10.6 Å². The van der Waals surface area contributed by atoms with Crippen LogP contribution in [0.3, 0.4) is 0 Å². The van der Waals surface area contributed by atoms with E-state index in [-0.39, 0.29) is 5.82 Å². The number of carboxylic acid groups (broad SMARTS) is 1. The first-order valence-corrected chi connectivity index (χ1v) is 6.06. The van der Waals surface area contributed by atoms with Crippen LogP contribution in [0, 0.1) is 0 Å². The van der Waals surface area contributed by atoms with E-state index in [9.17, 15) is 4.79 Å². The highest BCUT2D eigenvalue weighted by molar-refractivity contribution is 7.19. The maximum atomic E-state index is 10.9. The Kier molecular flexibility index (Phi) is 2.49. The topological polar surface area (TPSA) is 80.4 Å². The highest BCUT2D eigenvalue weighted by Crippen LogP contribution is 2.26. The summed E-state index contributed by atoms with van der Waals surface area (Å²) in [6.45, 7) is 0. The average molecular weight is 281 g/mol. The predicted octanol–water partition coefficient (Wildman–Crippen LogP) is 2.20. The summed E-state index contributed by atoms with van der Waals surface area (Å²) in [5.41, 5.74) is 0.853. The third-order valence-electron chi connectivity index (χ3n) is 2.27. The minimum absolute atomic E-state index is 0.193. The molecule has 0 amide bonds. The SMILES string of the molecule is O=C(O)c1nnc2sc(-c3ccc(Cl)cc3)nn12. The van der Waals surface area contributed by atoms with Crippen LogP contribution in [-0.4, -0.2) is 30.9 Å². The lowest BCUT2D eigenvalue weighted by Crippen LogP contribution is -2.04. The first-order valence-electron chi connectivity index (χ1n) is 4.86. The first-order chi connectivity index (χ1) is 8.65. The second-order valence-corrected chi connectivity index (χ2v) is 4.83. The van der Waals surface area contributed by atoms with Gasteiger partial charge in [-0.3, -0.25) is 0 Å². The van der Waals surface area contributed by atoms with Crippen molar-refractivity contribution in [2.24, 2.45) is 0 Å². The molecule has 0 fully saturated rings. The van der Waals surface area contributed by atoms with Crippen molar-refractivity contribution in [1.29, 1.82) is 0 Å². The van der Waals surface area contributed by atoms with Crippen LogP contribution >= 0.6 is 22.9 Å². The van der Waals surface area contributed by atoms with E-state index in [1.807, 2.05) is 12.1 Å². The summed E-state index contributed by atoms with van der Waals surface area (Å²) in [6.07, 6.45) is 0. The van der Waals surface area contributed by atoms with E-state index in [0.29, 0.717) is 15.0 Å². The molecule has 0 saturated heterocycles. The van der Waals surface area contributed by atoms with Gasteiger partial charge in [0.25, 0.3) is 5.82 Å². The lowest BCUT2D eigenvalue weighted by Gasteiger charge is -1.94. The van der Waals surface area contributed by atoms with Crippen LogP contribution in [0.4, 0.5) is 0 Å². The monoisotopic (exact) mass is 280 g/mol. The van der Waals surface area contributed by atoms with Gasteiger partial charge >= 0.3 is 5.97 Å². The van der Waals surface area contributed by atoms with Crippen LogP contribution in [-0.2, 0) is 0 Å². The van der Waals surface area contributed by atoms with Gasteiger partial charge in [-0.1, -0.05) is 35.1 Å². The van der Waals surface area contributed by atoms with Crippen LogP contribution in [0.1, 0.15) is 10.6 Å². The molecule has 0 bridgehead atoms. The van der Waals surface area contributed by atoms with Gasteiger partial charge < -0.3 is 5.11 Å². The molecule has 0 atom stereocenters. The minimum Gasteiger partial charge on any atom is -0.475 e. The Labute approximate surface area is 109 Å². The van der Waals surface area contributed by atoms with Crippen LogP contribution in [0.25, 0.3) is 15.5 Å². The Bertz CT molecular complexity index is 734. The number of hydrogen-bond acceptors (Lipinski definition) is 5. The van der Waals surface area contributed by atoms with Crippen LogP contribution in [0.5, 0.6) is 0 Å². The fourth-order valence-electron chi connectivity index (χ4n) is 1.46. The minimum atomic E-state index is -1.16. The predicted molar refractivity (Wildman–Crippen MR) is 66.1 cm³/mol. The van der Waals surface area contributed by atoms with Crippen molar-refractivity contribution in [2.75, 3.05) is 0 Å². The second kappa shape index (κ2) is 4.04. The molecule has 0 aliphatic carbocycles. The van der Waals surface area contributed by atoms with Gasteiger partial charge in [0.2, 0.25) is 4.96 Å². The first kappa shape index (κ1) is 11.1. The standard InChI is InChI=1S/C10H5ClN4O2S/c11-6-3-1-5(2-4-6)8-14-15-7(9(16)17)12-13-10(15)18-8/h1-4H,(H,16,17). The average Bonchev–Trinajstić information content (AvgIpc) is 2.88. The number of rotatable bonds is 2. The van der Waals surface area contributed by atoms with Crippen LogP contribution < -0.4 is 0 Å². The molecule has 0 unspecified atom stereocenters. The van der Waals surface area contributed by atoms with Crippen molar-refractivity contribution < 1.29 is 9.90 Å². The van der Waals surface area contributed by atoms with E-state index < -0.39 is 5.97 Å². The molecule has 0 aliphatic heterocycles. The molecule has 0 radical (unpaired) electrons. The quantitative estimate of drug-likeness (QED) is 0.778. The molecule has 0 saturated carbocycles. The van der Waals surface area contributed by atoms with E-state index in [1.54, 1.807) is 12.1 Å². The smallest absolute Gasteiger partial charge is 0.375 e. The molecule has 8 heteroatoms. The largest absolute Gasteiger partial charge is 0.475 e. The molecule has 2 aromatic heterocycles. The van der Waals surface area contributed by atoms with Crippen LogP contribution in [0.15, 0.2) is 24.3 Å². The molecule has 3 aromatic rings. The molecule has 2 heterocycles. The van der Waals surface area contributed by atoms with Gasteiger partial charge in [-0.05, 0) is 12.1 Å². The van der Waals surface area contributed by atoms with Crippen molar-refractivity contribution in [3.8, 4) is 10.6 Å². The fourth-order valence-corrected chi connectivity index (χ4v) is 2.43. The highest BCUT2D eigenvalue weighted by atomic mass is 35.5. The third-order valence-corrected chi connectivity index (χ3v) is 3.47. The molecule has 18 heavy (non-hydrogen) atoms. The van der Waals surface area contributed by atoms with Gasteiger partial charge in [0.15, 0.2) is 0 Å². The molecule has 1 N–H and O–H groups in total. The summed E-state index contributed by atoms with van der Waals surface area (Å²) < 4.78 is 1.22. The number of fused-ring (bicyclic) bond motifs is 1. The highest BCUT2D eigenvalue weighted by Gasteiger charge is 2.17. The van der Waals surface area contributed by atoms with E-state index >= 15 is 0 Å². The van der Waals surface area contributed by atoms with E-state index in [4.69, 9.17) is 16.7 Å². The Balaban J connectivity index is 2.13. The summed E-state index contributed by atoms with van der Waals surface area (Å²) in [5, 5.41) is 21.7. The Hall–Kier alpha value is -1.99. The summed E-state index contributed by atoms with van der Waals surface area (Å²) in [5.74, 6) is -1.35. The van der Waals surface area contributed by atoms with Gasteiger partial charge in [-0.2, -0.15) is 9.61 Å². The van der Waals surface area contributed by atoms with Crippen molar-refractivity contribution in [3.05, 3.63) is 35.1 Å². The molecular weight excluding hydrogens is 276 g/mol. The van der Waals surface area contributed by atoms with Crippen molar-refractivity contribution in [1.82, 2.24) is 19.8 Å². The zero-order valence-corrected chi connectivity index (χ0v) is 10.3. The lowest BCUT2D eigenvalue weighted by molar-refractivity contribution is 0.0680. The third kappa shape index (κ3) is 1.73. The number of carboxylic acids is 1. The Morgan fingerprint density at radius 2 is 2.00 bits per heavy atom. The lowest BCUT2D eigenvalue weighted by atomic mass is 10.2. The maximum Gasteiger partial charge on any atom is 0.375 e. The fraction of sp³-hybridized carbons (Fsp3) is 0. The molecule has 1 aromatic carbocycles. The Morgan fingerprint density at radius 3 is 2.67 bits per heavy atom. The number of nitrogens with zero attached hydrogens (tertiary/aromatic N) is 4. The zero-order chi connectivity index (χ0) is 12.7. The van der Waals surface area contributed by atoms with Gasteiger partial charge in [0.05, 0.1) is 0 Å². The van der Waals surface area contributed by atoms with E-state index in [1.165, 1.54) is 15.9 Å². The molecule has 3 rings (SSSR count). The normalized spacial score (nSPS) is 10.9. The molecule has 90 valence electrons. The van der Waals surface area contributed by atoms with Crippen molar-refractivity contribution in [2.45, 2.75) is 0 Å². The summed E-state index contributed by atoms with van der Waals surface area (Å²) in [4.78, 5) is 11.3. The van der Waals surface area contributed by atoms with Gasteiger partial charge in [-0.15, -0.1) is 10.2 Å². The molecule has 6 nitrogen and oxygen atoms in total. The summed E-state index contributed by atoms with van der Waals surface area (Å²) >= 11 is 7.07. The van der Waals surface area contributed by atoms with E-state index in [0.717, 1.165) is 5.56 Å². The van der Waals surface area contributed by atoms with Crippen LogP contribution in [0.2, 0.25) is 5.02 Å². The summed E-state index contributed by atoms with van der Waals surface area (Å²) in [6, 6.07) is 7.12. The second-order valence-electron chi connectivity index (χ2n) is 3.44. The number of aromatic carboxylic acids is 1. The number of carbonyl (C=O) groups is 1.